The van der Waals surface area contributed by atoms with Gasteiger partial charge in [-0.15, -0.1) is 10.2 Å². The number of hydrogen-bond acceptors (Lipinski definition) is 6. The lowest BCUT2D eigenvalue weighted by atomic mass is 10.2. The first-order chi connectivity index (χ1) is 12.9. The largest absolute Gasteiger partial charge is 0.347 e. The van der Waals surface area contributed by atoms with Crippen molar-refractivity contribution in [3.8, 4) is 5.13 Å². The first kappa shape index (κ1) is 17.2. The second-order valence-corrected chi connectivity index (χ2v) is 7.54. The van der Waals surface area contributed by atoms with E-state index < -0.39 is 0 Å². The van der Waals surface area contributed by atoms with E-state index in [4.69, 9.17) is 0 Å². The van der Waals surface area contributed by atoms with Crippen LogP contribution in [-0.4, -0.2) is 32.8 Å². The van der Waals surface area contributed by atoms with E-state index in [1.165, 1.54) is 36.9 Å². The van der Waals surface area contributed by atoms with Crippen molar-refractivity contribution in [3.05, 3.63) is 54.1 Å². The molecule has 1 fully saturated rings. The van der Waals surface area contributed by atoms with Crippen molar-refractivity contribution in [1.29, 1.82) is 0 Å². The Morgan fingerprint density at radius 2 is 1.81 bits per heavy atom. The summed E-state index contributed by atoms with van der Waals surface area (Å²) in [4.78, 5) is 6.54. The van der Waals surface area contributed by atoms with Crippen LogP contribution in [0, 0.1) is 0 Å². The average molecular weight is 369 g/mol. The molecular weight excluding hydrogens is 344 g/mol. The molecule has 3 aromatic heterocycles. The van der Waals surface area contributed by atoms with Gasteiger partial charge in [-0.25, -0.2) is 0 Å². The Kier molecular flexibility index (Phi) is 5.56. The van der Waals surface area contributed by atoms with Crippen LogP contribution in [-0.2, 0) is 13.1 Å². The number of anilines is 1. The number of aromatic nitrogens is 4. The first-order valence-corrected chi connectivity index (χ1v) is 10.1. The molecule has 26 heavy (non-hydrogen) atoms. The molecule has 6 nitrogen and oxygen atoms in total. The van der Waals surface area contributed by atoms with Crippen LogP contribution >= 0.6 is 11.3 Å². The standard InChI is InChI=1S/C19H24N6S/c1-2-4-11-24(10-3-1)18-22-23-19(26-18)25-12-6-8-17(25)15-21-14-16-7-5-9-20-13-16/h5-9,12-13,21H,1-4,10-11,14-15H2. The molecule has 3 aromatic rings. The monoisotopic (exact) mass is 368 g/mol. The summed E-state index contributed by atoms with van der Waals surface area (Å²) in [5, 5.41) is 14.4. The van der Waals surface area contributed by atoms with Gasteiger partial charge in [-0.1, -0.05) is 30.2 Å². The normalized spacial score (nSPS) is 15.2. The van der Waals surface area contributed by atoms with Gasteiger partial charge in [-0.2, -0.15) is 0 Å². The predicted molar refractivity (Wildman–Crippen MR) is 105 cm³/mol. The van der Waals surface area contributed by atoms with Crippen LogP contribution in [0.3, 0.4) is 0 Å². The van der Waals surface area contributed by atoms with Crippen LogP contribution in [0.15, 0.2) is 42.9 Å². The number of pyridine rings is 1. The summed E-state index contributed by atoms with van der Waals surface area (Å²) in [6.07, 6.45) is 10.9. The van der Waals surface area contributed by atoms with Gasteiger partial charge in [0, 0.05) is 50.5 Å². The second-order valence-electron chi connectivity index (χ2n) is 6.60. The summed E-state index contributed by atoms with van der Waals surface area (Å²) in [5.41, 5.74) is 2.37. The smallest absolute Gasteiger partial charge is 0.218 e. The van der Waals surface area contributed by atoms with E-state index in [2.05, 4.69) is 54.4 Å². The maximum absolute atomic E-state index is 4.45. The Morgan fingerprint density at radius 3 is 2.62 bits per heavy atom. The summed E-state index contributed by atoms with van der Waals surface area (Å²) >= 11 is 1.68. The van der Waals surface area contributed by atoms with Crippen LogP contribution in [0.25, 0.3) is 5.13 Å². The molecule has 0 bridgehead atoms. The lowest BCUT2D eigenvalue weighted by molar-refractivity contribution is 0.666. The van der Waals surface area contributed by atoms with E-state index in [9.17, 15) is 0 Å². The molecule has 4 heterocycles. The third kappa shape index (κ3) is 4.11. The van der Waals surface area contributed by atoms with Crippen LogP contribution in [0.2, 0.25) is 0 Å². The number of nitrogens with one attached hydrogen (secondary N) is 1. The molecule has 7 heteroatoms. The molecule has 0 spiro atoms. The summed E-state index contributed by atoms with van der Waals surface area (Å²) in [5.74, 6) is 0. The van der Waals surface area contributed by atoms with Gasteiger partial charge in [-0.3, -0.25) is 9.55 Å². The molecule has 0 aromatic carbocycles. The van der Waals surface area contributed by atoms with E-state index in [-0.39, 0.29) is 0 Å². The third-order valence-corrected chi connectivity index (χ3v) is 5.66. The number of rotatable bonds is 6. The topological polar surface area (TPSA) is 58.9 Å². The zero-order valence-electron chi connectivity index (χ0n) is 14.8. The van der Waals surface area contributed by atoms with Crippen molar-refractivity contribution in [2.24, 2.45) is 0 Å². The zero-order chi connectivity index (χ0) is 17.6. The fraction of sp³-hybridized carbons (Fsp3) is 0.421. The summed E-state index contributed by atoms with van der Waals surface area (Å²) < 4.78 is 2.13. The molecule has 1 aliphatic heterocycles. The summed E-state index contributed by atoms with van der Waals surface area (Å²) in [7, 11) is 0. The van der Waals surface area contributed by atoms with Gasteiger partial charge in [0.15, 0.2) is 0 Å². The summed E-state index contributed by atoms with van der Waals surface area (Å²) in [6, 6.07) is 8.24. The van der Waals surface area contributed by atoms with Crippen molar-refractivity contribution in [3.63, 3.8) is 0 Å². The maximum atomic E-state index is 4.45. The lowest BCUT2D eigenvalue weighted by Gasteiger charge is -2.17. The molecule has 0 saturated carbocycles. The van der Waals surface area contributed by atoms with Crippen LogP contribution in [0.5, 0.6) is 0 Å². The van der Waals surface area contributed by atoms with Crippen molar-refractivity contribution >= 4 is 16.5 Å². The van der Waals surface area contributed by atoms with Gasteiger partial charge in [0.25, 0.3) is 0 Å². The maximum Gasteiger partial charge on any atom is 0.218 e. The van der Waals surface area contributed by atoms with E-state index >= 15 is 0 Å². The van der Waals surface area contributed by atoms with E-state index in [0.717, 1.165) is 36.4 Å². The van der Waals surface area contributed by atoms with Gasteiger partial charge >= 0.3 is 0 Å². The van der Waals surface area contributed by atoms with Crippen molar-refractivity contribution < 1.29 is 0 Å². The molecule has 1 N–H and O–H groups in total. The molecule has 1 aliphatic rings. The lowest BCUT2D eigenvalue weighted by Crippen LogP contribution is -2.23. The van der Waals surface area contributed by atoms with Gasteiger partial charge < -0.3 is 10.2 Å². The first-order valence-electron chi connectivity index (χ1n) is 9.25. The second kappa shape index (κ2) is 8.42. The zero-order valence-corrected chi connectivity index (χ0v) is 15.7. The molecular formula is C19H24N6S. The molecule has 0 atom stereocenters. The van der Waals surface area contributed by atoms with Gasteiger partial charge in [-0.05, 0) is 36.6 Å². The predicted octanol–water partition coefficient (Wildman–Crippen LogP) is 3.39. The molecule has 0 radical (unpaired) electrons. The highest BCUT2D eigenvalue weighted by molar-refractivity contribution is 7.17. The van der Waals surface area contributed by atoms with Crippen LogP contribution in [0.4, 0.5) is 5.13 Å². The van der Waals surface area contributed by atoms with E-state index in [1.54, 1.807) is 17.5 Å². The summed E-state index contributed by atoms with van der Waals surface area (Å²) in [6.45, 7) is 3.77. The Hall–Kier alpha value is -2.25. The van der Waals surface area contributed by atoms with Crippen LogP contribution < -0.4 is 10.2 Å². The van der Waals surface area contributed by atoms with Crippen LogP contribution in [0.1, 0.15) is 36.9 Å². The molecule has 0 unspecified atom stereocenters. The Balaban J connectivity index is 1.41. The van der Waals surface area contributed by atoms with E-state index in [1.807, 2.05) is 12.3 Å². The fourth-order valence-corrected chi connectivity index (χ4v) is 4.19. The van der Waals surface area contributed by atoms with Crippen molar-refractivity contribution in [2.45, 2.75) is 38.8 Å². The fourth-order valence-electron chi connectivity index (χ4n) is 3.28. The molecule has 4 rings (SSSR count). The quantitative estimate of drug-likeness (QED) is 0.723. The number of hydrogen-bond donors (Lipinski definition) is 1. The van der Waals surface area contributed by atoms with Crippen molar-refractivity contribution in [2.75, 3.05) is 18.0 Å². The van der Waals surface area contributed by atoms with Gasteiger partial charge in [0.1, 0.15) is 0 Å². The highest BCUT2D eigenvalue weighted by Crippen LogP contribution is 2.26. The Morgan fingerprint density at radius 1 is 0.962 bits per heavy atom. The highest BCUT2D eigenvalue weighted by Gasteiger charge is 2.16. The highest BCUT2D eigenvalue weighted by atomic mass is 32.1. The minimum absolute atomic E-state index is 0.778. The van der Waals surface area contributed by atoms with Gasteiger partial charge in [0.2, 0.25) is 10.3 Å². The molecule has 1 saturated heterocycles. The van der Waals surface area contributed by atoms with Crippen molar-refractivity contribution in [1.82, 2.24) is 25.1 Å². The Labute approximate surface area is 157 Å². The SMILES string of the molecule is c1cncc(CNCc2cccn2-c2nnc(N3CCCCCC3)s2)c1. The number of nitrogens with zero attached hydrogens (tertiary/aromatic N) is 5. The van der Waals surface area contributed by atoms with E-state index in [0.29, 0.717) is 0 Å². The molecule has 0 amide bonds. The molecule has 136 valence electrons. The average Bonchev–Trinajstić information content (AvgIpc) is 3.26. The van der Waals surface area contributed by atoms with Gasteiger partial charge in [0.05, 0.1) is 0 Å². The minimum atomic E-state index is 0.778. The third-order valence-electron chi connectivity index (χ3n) is 4.68. The minimum Gasteiger partial charge on any atom is -0.347 e. The molecule has 0 aliphatic carbocycles. The Bertz CT molecular complexity index is 804.